The van der Waals surface area contributed by atoms with Gasteiger partial charge >= 0.3 is 0 Å². The van der Waals surface area contributed by atoms with E-state index in [1.54, 1.807) is 4.68 Å². The maximum Gasteiger partial charge on any atom is 0.151 e. The predicted molar refractivity (Wildman–Crippen MR) is 127 cm³/mol. The van der Waals surface area contributed by atoms with Crippen LogP contribution in [0.3, 0.4) is 0 Å². The van der Waals surface area contributed by atoms with Crippen LogP contribution in [0.5, 0.6) is 0 Å². The first kappa shape index (κ1) is 29.4. The van der Waals surface area contributed by atoms with Crippen molar-refractivity contribution in [3.8, 4) is 0 Å². The van der Waals surface area contributed by atoms with Crippen LogP contribution in [0.1, 0.15) is 19.5 Å². The summed E-state index contributed by atoms with van der Waals surface area (Å²) in [4.78, 5) is 2.20. The van der Waals surface area contributed by atoms with Crippen LogP contribution in [-0.4, -0.2) is 115 Å². The number of hydrogen-bond acceptors (Lipinski definition) is 9. The number of nitrogens with zero attached hydrogens (tertiary/aromatic N) is 4. The van der Waals surface area contributed by atoms with Crippen molar-refractivity contribution in [2.75, 3.05) is 91.0 Å². The van der Waals surface area contributed by atoms with Gasteiger partial charge in [0.15, 0.2) is 5.15 Å². The highest BCUT2D eigenvalue weighted by atomic mass is 35.5. The van der Waals surface area contributed by atoms with Crippen LogP contribution in [0, 0.1) is 0 Å². The third kappa shape index (κ3) is 13.1. The molecule has 0 aliphatic carbocycles. The van der Waals surface area contributed by atoms with Crippen LogP contribution < -0.4 is 5.32 Å². The van der Waals surface area contributed by atoms with E-state index in [4.69, 9.17) is 30.5 Å². The van der Waals surface area contributed by atoms with Crippen molar-refractivity contribution in [2.45, 2.75) is 26.9 Å². The van der Waals surface area contributed by atoms with Crippen molar-refractivity contribution < 1.29 is 23.2 Å². The Balaban J connectivity index is 0.00000249. The smallest absolute Gasteiger partial charge is 0.151 e. The van der Waals surface area contributed by atoms with Gasteiger partial charge in [-0.3, -0.25) is 9.11 Å². The summed E-state index contributed by atoms with van der Waals surface area (Å²) in [5, 5.41) is 11.8. The predicted octanol–water partition coefficient (Wildman–Crippen LogP) is 0.808. The Labute approximate surface area is 199 Å². The zero-order valence-corrected chi connectivity index (χ0v) is 21.3. The molecule has 2 rings (SSSR count). The fourth-order valence-electron chi connectivity index (χ4n) is 2.71. The largest absolute Gasteiger partial charge is 0.378 e. The number of nitrogens with one attached hydrogen (secondary N) is 1. The van der Waals surface area contributed by atoms with E-state index in [0.29, 0.717) is 82.6 Å². The molecule has 2 heterocycles. The van der Waals surface area contributed by atoms with Gasteiger partial charge in [0, 0.05) is 48.5 Å². The van der Waals surface area contributed by atoms with Crippen molar-refractivity contribution in [1.29, 1.82) is 0 Å². The minimum atomic E-state index is -0.688. The number of aromatic nitrogens is 3. The monoisotopic (exact) mass is 497 g/mol. The molecule has 0 radical (unpaired) electrons. The average Bonchev–Trinajstić information content (AvgIpc) is 3.16. The second kappa shape index (κ2) is 19.8. The van der Waals surface area contributed by atoms with Crippen molar-refractivity contribution in [3.63, 3.8) is 0 Å². The van der Waals surface area contributed by atoms with E-state index < -0.39 is 10.8 Å². The molecule has 0 aromatic carbocycles. The molecule has 0 bridgehead atoms. The molecule has 1 saturated heterocycles. The van der Waals surface area contributed by atoms with Gasteiger partial charge in [0.1, 0.15) is 5.69 Å². The van der Waals surface area contributed by atoms with E-state index in [-0.39, 0.29) is 0 Å². The molecule has 12 heteroatoms. The van der Waals surface area contributed by atoms with Crippen molar-refractivity contribution in [1.82, 2.24) is 25.2 Å². The summed E-state index contributed by atoms with van der Waals surface area (Å²) in [6.45, 7) is 12.0. The summed E-state index contributed by atoms with van der Waals surface area (Å²) < 4.78 is 34.9. The Hall–Kier alpha value is -0.660. The highest BCUT2D eigenvalue weighted by Crippen LogP contribution is 2.16. The lowest BCUT2D eigenvalue weighted by atomic mass is 10.4. The Morgan fingerprint density at radius 3 is 2.03 bits per heavy atom. The number of halogens is 1. The van der Waals surface area contributed by atoms with E-state index in [1.807, 2.05) is 20.9 Å². The lowest BCUT2D eigenvalue weighted by molar-refractivity contribution is -0.00234. The number of likely N-dealkylation sites (N-methyl/N-ethyl adjacent to an activating group) is 1. The Kier molecular flexibility index (Phi) is 18.2. The molecular weight excluding hydrogens is 458 g/mol. The molecular formula is C20H40ClN5O5S. The number of ether oxygens (including phenoxy) is 4. The molecule has 1 N–H and O–H groups in total. The summed E-state index contributed by atoms with van der Waals surface area (Å²) >= 11 is 6.38. The van der Waals surface area contributed by atoms with Gasteiger partial charge in [-0.1, -0.05) is 30.7 Å². The van der Waals surface area contributed by atoms with Gasteiger partial charge in [-0.05, 0) is 7.05 Å². The van der Waals surface area contributed by atoms with Crippen molar-refractivity contribution >= 4 is 22.4 Å². The first-order valence-corrected chi connectivity index (χ1v) is 13.2. The molecule has 1 aromatic rings. The lowest BCUT2D eigenvalue weighted by Gasteiger charge is -2.25. The summed E-state index contributed by atoms with van der Waals surface area (Å²) in [5.74, 6) is 1.42. The zero-order valence-electron chi connectivity index (χ0n) is 19.7. The average molecular weight is 498 g/mol. The summed E-state index contributed by atoms with van der Waals surface area (Å²) in [6.07, 6.45) is 0. The second-order valence-electron chi connectivity index (χ2n) is 6.73. The summed E-state index contributed by atoms with van der Waals surface area (Å²) in [5.41, 5.74) is 0.750. The number of hydrogen-bond donors (Lipinski definition) is 1. The van der Waals surface area contributed by atoms with E-state index in [1.165, 1.54) is 0 Å². The van der Waals surface area contributed by atoms with Crippen molar-refractivity contribution in [2.24, 2.45) is 0 Å². The highest BCUT2D eigenvalue weighted by Gasteiger charge is 2.19. The fourth-order valence-corrected chi connectivity index (χ4v) is 4.05. The van der Waals surface area contributed by atoms with Gasteiger partial charge in [-0.25, -0.2) is 4.68 Å². The minimum Gasteiger partial charge on any atom is -0.378 e. The molecule has 0 saturated carbocycles. The summed E-state index contributed by atoms with van der Waals surface area (Å²) in [7, 11) is 1.20. The first-order chi connectivity index (χ1) is 15.7. The van der Waals surface area contributed by atoms with Gasteiger partial charge in [-0.15, -0.1) is 5.10 Å². The molecule has 32 heavy (non-hydrogen) atoms. The molecule has 10 nitrogen and oxygen atoms in total. The van der Waals surface area contributed by atoms with Crippen LogP contribution in [0.2, 0.25) is 5.15 Å². The molecule has 188 valence electrons. The Bertz CT molecular complexity index is 601. The quantitative estimate of drug-likeness (QED) is 0.313. The third-order valence-electron chi connectivity index (χ3n) is 4.44. The maximum atomic E-state index is 11.4. The standard InChI is InChI=1S/C18H34ClN5O5S.C2H6/c1-20-2-6-26-8-10-28-12-13-29-11-9-27-7-3-24-18(19)17(21-22-24)16-23-4-14-30(25)15-5-23;1-2/h20H,2-16H2,1H3;1-2H3. The van der Waals surface area contributed by atoms with Gasteiger partial charge in [-0.2, -0.15) is 0 Å². The highest BCUT2D eigenvalue weighted by molar-refractivity contribution is 7.85. The molecule has 0 unspecified atom stereocenters. The lowest BCUT2D eigenvalue weighted by Crippen LogP contribution is -2.37. The second-order valence-corrected chi connectivity index (χ2v) is 8.78. The molecule has 0 atom stereocenters. The van der Waals surface area contributed by atoms with Crippen LogP contribution in [0.15, 0.2) is 0 Å². The zero-order chi connectivity index (χ0) is 23.4. The topological polar surface area (TPSA) is 100.0 Å². The molecule has 1 aliphatic heterocycles. The minimum absolute atomic E-state index is 0.481. The van der Waals surface area contributed by atoms with E-state index in [0.717, 1.165) is 25.3 Å². The molecule has 1 aromatic heterocycles. The van der Waals surface area contributed by atoms with Gasteiger partial charge in [0.05, 0.1) is 59.4 Å². The molecule has 0 amide bonds. The van der Waals surface area contributed by atoms with Crippen LogP contribution >= 0.6 is 11.6 Å². The van der Waals surface area contributed by atoms with Crippen LogP contribution in [0.25, 0.3) is 0 Å². The molecule has 1 fully saturated rings. The fraction of sp³-hybridized carbons (Fsp3) is 0.900. The Morgan fingerprint density at radius 1 is 0.938 bits per heavy atom. The molecule has 1 aliphatic rings. The van der Waals surface area contributed by atoms with E-state index in [2.05, 4.69) is 20.5 Å². The third-order valence-corrected chi connectivity index (χ3v) is 6.13. The van der Waals surface area contributed by atoms with Crippen molar-refractivity contribution in [3.05, 3.63) is 10.8 Å². The van der Waals surface area contributed by atoms with Crippen LogP contribution in [0.4, 0.5) is 0 Å². The normalized spacial score (nSPS) is 15.0. The Morgan fingerprint density at radius 2 is 1.47 bits per heavy atom. The number of rotatable bonds is 17. The van der Waals surface area contributed by atoms with Gasteiger partial charge in [0.2, 0.25) is 0 Å². The summed E-state index contributed by atoms with van der Waals surface area (Å²) in [6, 6.07) is 0. The molecule has 0 spiro atoms. The van der Waals surface area contributed by atoms with E-state index >= 15 is 0 Å². The van der Waals surface area contributed by atoms with E-state index in [9.17, 15) is 4.21 Å². The maximum absolute atomic E-state index is 11.4. The van der Waals surface area contributed by atoms with Gasteiger partial charge < -0.3 is 24.3 Å². The van der Waals surface area contributed by atoms with Crippen LogP contribution in [-0.2, 0) is 42.8 Å². The van der Waals surface area contributed by atoms with Gasteiger partial charge in [0.25, 0.3) is 0 Å². The SMILES string of the molecule is CC.CNCCOCCOCCOCCOCCn1nnc(CN2CCS(=O)CC2)c1Cl. The first-order valence-electron chi connectivity index (χ1n) is 11.3.